The van der Waals surface area contributed by atoms with Gasteiger partial charge in [-0.05, 0) is 44.2 Å². The smallest absolute Gasteiger partial charge is 0.268 e. The fourth-order valence-electron chi connectivity index (χ4n) is 3.59. The SMILES string of the molecule is Cc1ccc(S(=O)(=O)n2ccc3c(N4CCNC(C)C4)cccc32)cc1. The number of nitrogens with zero attached hydrogens (tertiary/aromatic N) is 2. The molecule has 0 saturated carbocycles. The van der Waals surface area contributed by atoms with Crippen LogP contribution in [0.25, 0.3) is 10.9 Å². The molecule has 2 heterocycles. The molecule has 6 heteroatoms. The van der Waals surface area contributed by atoms with Crippen LogP contribution in [-0.4, -0.2) is 38.1 Å². The Morgan fingerprint density at radius 2 is 1.85 bits per heavy atom. The van der Waals surface area contributed by atoms with Crippen molar-refractivity contribution in [1.82, 2.24) is 9.29 Å². The van der Waals surface area contributed by atoms with Crippen LogP contribution in [0.4, 0.5) is 5.69 Å². The van der Waals surface area contributed by atoms with Crippen molar-refractivity contribution in [2.75, 3.05) is 24.5 Å². The molecular formula is C20H23N3O2S. The topological polar surface area (TPSA) is 54.3 Å². The van der Waals surface area contributed by atoms with E-state index in [1.807, 2.05) is 37.3 Å². The highest BCUT2D eigenvalue weighted by molar-refractivity contribution is 7.90. The van der Waals surface area contributed by atoms with E-state index in [0.717, 1.165) is 36.3 Å². The fraction of sp³-hybridized carbons (Fsp3) is 0.300. The second-order valence-corrected chi connectivity index (χ2v) is 8.76. The van der Waals surface area contributed by atoms with Gasteiger partial charge in [0, 0.05) is 42.9 Å². The molecule has 0 amide bonds. The molecule has 3 aromatic rings. The quantitative estimate of drug-likeness (QED) is 0.771. The number of hydrogen-bond donors (Lipinski definition) is 1. The maximum atomic E-state index is 13.1. The van der Waals surface area contributed by atoms with Crippen molar-refractivity contribution in [2.45, 2.75) is 24.8 Å². The first-order chi connectivity index (χ1) is 12.5. The summed E-state index contributed by atoms with van der Waals surface area (Å²) in [6.45, 7) is 6.87. The number of rotatable bonds is 3. The van der Waals surface area contributed by atoms with Gasteiger partial charge < -0.3 is 10.2 Å². The molecule has 26 heavy (non-hydrogen) atoms. The average Bonchev–Trinajstić information content (AvgIpc) is 3.07. The molecule has 4 rings (SSSR count). The van der Waals surface area contributed by atoms with E-state index in [0.29, 0.717) is 16.5 Å². The van der Waals surface area contributed by atoms with E-state index >= 15 is 0 Å². The fourth-order valence-corrected chi connectivity index (χ4v) is 4.93. The zero-order chi connectivity index (χ0) is 18.3. The summed E-state index contributed by atoms with van der Waals surface area (Å²) in [7, 11) is -3.61. The Morgan fingerprint density at radius 3 is 2.58 bits per heavy atom. The van der Waals surface area contributed by atoms with E-state index in [9.17, 15) is 8.42 Å². The minimum Gasteiger partial charge on any atom is -0.368 e. The van der Waals surface area contributed by atoms with Crippen LogP contribution < -0.4 is 10.2 Å². The first-order valence-electron chi connectivity index (χ1n) is 8.87. The lowest BCUT2D eigenvalue weighted by atomic mass is 10.1. The monoisotopic (exact) mass is 369 g/mol. The van der Waals surface area contributed by atoms with Crippen LogP contribution in [0.3, 0.4) is 0 Å². The molecule has 1 fully saturated rings. The summed E-state index contributed by atoms with van der Waals surface area (Å²) < 4.78 is 27.6. The summed E-state index contributed by atoms with van der Waals surface area (Å²) in [5.74, 6) is 0. The molecule has 5 nitrogen and oxygen atoms in total. The molecule has 1 aliphatic heterocycles. The summed E-state index contributed by atoms with van der Waals surface area (Å²) in [4.78, 5) is 2.63. The van der Waals surface area contributed by atoms with Gasteiger partial charge in [0.05, 0.1) is 10.4 Å². The summed E-state index contributed by atoms with van der Waals surface area (Å²) in [5.41, 5.74) is 2.85. The summed E-state index contributed by atoms with van der Waals surface area (Å²) in [5, 5.41) is 4.41. The van der Waals surface area contributed by atoms with E-state index < -0.39 is 10.0 Å². The van der Waals surface area contributed by atoms with E-state index in [4.69, 9.17) is 0 Å². The van der Waals surface area contributed by atoms with Gasteiger partial charge in [-0.15, -0.1) is 0 Å². The minimum atomic E-state index is -3.61. The van der Waals surface area contributed by atoms with E-state index in [1.54, 1.807) is 18.3 Å². The van der Waals surface area contributed by atoms with Gasteiger partial charge in [-0.1, -0.05) is 23.8 Å². The highest BCUT2D eigenvalue weighted by Crippen LogP contribution is 2.30. The number of anilines is 1. The number of benzene rings is 2. The molecule has 0 spiro atoms. The molecule has 2 aromatic carbocycles. The third kappa shape index (κ3) is 2.89. The number of piperazine rings is 1. The molecule has 1 N–H and O–H groups in total. The molecule has 1 atom stereocenters. The standard InChI is InChI=1S/C20H23N3O2S/c1-15-6-8-17(9-7-15)26(24,25)23-12-10-18-19(4-3-5-20(18)23)22-13-11-21-16(2)14-22/h3-10,12,16,21H,11,13-14H2,1-2H3. The lowest BCUT2D eigenvalue weighted by Crippen LogP contribution is -2.49. The summed E-state index contributed by atoms with van der Waals surface area (Å²) >= 11 is 0. The first kappa shape index (κ1) is 17.1. The van der Waals surface area contributed by atoms with Crippen molar-refractivity contribution < 1.29 is 8.42 Å². The molecule has 0 bridgehead atoms. The Morgan fingerprint density at radius 1 is 1.08 bits per heavy atom. The first-order valence-corrected chi connectivity index (χ1v) is 10.3. The van der Waals surface area contributed by atoms with Crippen LogP contribution >= 0.6 is 0 Å². The van der Waals surface area contributed by atoms with E-state index in [2.05, 4.69) is 23.2 Å². The van der Waals surface area contributed by atoms with Crippen LogP contribution in [0.5, 0.6) is 0 Å². The van der Waals surface area contributed by atoms with Crippen LogP contribution in [-0.2, 0) is 10.0 Å². The summed E-state index contributed by atoms with van der Waals surface area (Å²) in [6.07, 6.45) is 1.66. The Hall–Kier alpha value is -2.31. The van der Waals surface area contributed by atoms with Gasteiger partial charge in [0.2, 0.25) is 0 Å². The Kier molecular flexibility index (Phi) is 4.25. The molecule has 1 saturated heterocycles. The highest BCUT2D eigenvalue weighted by atomic mass is 32.2. The van der Waals surface area contributed by atoms with Crippen LogP contribution in [0.15, 0.2) is 59.6 Å². The predicted molar refractivity (Wildman–Crippen MR) is 105 cm³/mol. The molecule has 1 aliphatic rings. The Balaban J connectivity index is 1.81. The molecule has 1 unspecified atom stereocenters. The van der Waals surface area contributed by atoms with Crippen molar-refractivity contribution in [3.05, 3.63) is 60.3 Å². The van der Waals surface area contributed by atoms with Gasteiger partial charge in [0.1, 0.15) is 0 Å². The number of aryl methyl sites for hydroxylation is 1. The Labute approximate surface area is 154 Å². The highest BCUT2D eigenvalue weighted by Gasteiger charge is 2.22. The number of nitrogens with one attached hydrogen (secondary N) is 1. The van der Waals surface area contributed by atoms with Crippen molar-refractivity contribution in [2.24, 2.45) is 0 Å². The molecular weight excluding hydrogens is 346 g/mol. The van der Waals surface area contributed by atoms with Crippen molar-refractivity contribution in [1.29, 1.82) is 0 Å². The van der Waals surface area contributed by atoms with Crippen LogP contribution in [0, 0.1) is 6.92 Å². The third-order valence-electron chi connectivity index (χ3n) is 4.96. The Bertz CT molecular complexity index is 1040. The largest absolute Gasteiger partial charge is 0.368 e. The van der Waals surface area contributed by atoms with Gasteiger partial charge in [-0.3, -0.25) is 0 Å². The zero-order valence-electron chi connectivity index (χ0n) is 15.0. The second-order valence-electron chi connectivity index (χ2n) is 6.94. The molecule has 136 valence electrons. The number of fused-ring (bicyclic) bond motifs is 1. The van der Waals surface area contributed by atoms with Gasteiger partial charge in [0.25, 0.3) is 10.0 Å². The van der Waals surface area contributed by atoms with E-state index in [1.165, 1.54) is 3.97 Å². The maximum absolute atomic E-state index is 13.1. The molecule has 1 aromatic heterocycles. The third-order valence-corrected chi connectivity index (χ3v) is 6.67. The average molecular weight is 369 g/mol. The van der Waals surface area contributed by atoms with Gasteiger partial charge >= 0.3 is 0 Å². The lowest BCUT2D eigenvalue weighted by Gasteiger charge is -2.34. The van der Waals surface area contributed by atoms with Crippen molar-refractivity contribution in [3.8, 4) is 0 Å². The zero-order valence-corrected chi connectivity index (χ0v) is 15.8. The second kappa shape index (κ2) is 6.45. The van der Waals surface area contributed by atoms with E-state index in [-0.39, 0.29) is 0 Å². The maximum Gasteiger partial charge on any atom is 0.268 e. The van der Waals surface area contributed by atoms with Crippen LogP contribution in [0.2, 0.25) is 0 Å². The number of aromatic nitrogens is 1. The normalized spacial score (nSPS) is 18.4. The van der Waals surface area contributed by atoms with Gasteiger partial charge in [0.15, 0.2) is 0 Å². The summed E-state index contributed by atoms with van der Waals surface area (Å²) in [6, 6.07) is 15.2. The van der Waals surface area contributed by atoms with Gasteiger partial charge in [-0.25, -0.2) is 12.4 Å². The molecule has 0 aliphatic carbocycles. The minimum absolute atomic E-state index is 0.307. The van der Waals surface area contributed by atoms with Crippen molar-refractivity contribution in [3.63, 3.8) is 0 Å². The van der Waals surface area contributed by atoms with Crippen LogP contribution in [0.1, 0.15) is 12.5 Å². The molecule has 0 radical (unpaired) electrons. The lowest BCUT2D eigenvalue weighted by molar-refractivity contribution is 0.485. The van der Waals surface area contributed by atoms with Crippen molar-refractivity contribution >= 4 is 26.6 Å². The number of hydrogen-bond acceptors (Lipinski definition) is 4. The van der Waals surface area contributed by atoms with Gasteiger partial charge in [-0.2, -0.15) is 0 Å². The predicted octanol–water partition coefficient (Wildman–Crippen LogP) is 2.98.